The summed E-state index contributed by atoms with van der Waals surface area (Å²) in [5.41, 5.74) is 2.56. The molecule has 166 valence electrons. The fourth-order valence-electron chi connectivity index (χ4n) is 3.63. The quantitative estimate of drug-likeness (QED) is 0.343. The van der Waals surface area contributed by atoms with E-state index < -0.39 is 11.7 Å². The average Bonchev–Trinajstić information content (AvgIpc) is 3.21. The number of benzene rings is 2. The van der Waals surface area contributed by atoms with Crippen molar-refractivity contribution in [1.29, 1.82) is 0 Å². The van der Waals surface area contributed by atoms with Gasteiger partial charge >= 0.3 is 6.18 Å². The van der Waals surface area contributed by atoms with Crippen molar-refractivity contribution in [3.05, 3.63) is 83.7 Å². The van der Waals surface area contributed by atoms with E-state index in [-0.39, 0.29) is 0 Å². The van der Waals surface area contributed by atoms with Crippen LogP contribution >= 0.6 is 0 Å². The van der Waals surface area contributed by atoms with Crippen molar-refractivity contribution in [1.82, 2.24) is 9.88 Å². The Morgan fingerprint density at radius 2 is 1.81 bits per heavy atom. The largest absolute Gasteiger partial charge is 0.493 e. The van der Waals surface area contributed by atoms with Crippen molar-refractivity contribution in [2.24, 2.45) is 0 Å². The number of furan rings is 1. The molecule has 4 nitrogen and oxygen atoms in total. The zero-order chi connectivity index (χ0) is 22.7. The Balaban J connectivity index is 1.54. The Morgan fingerprint density at radius 3 is 2.47 bits per heavy atom. The van der Waals surface area contributed by atoms with Crippen LogP contribution in [0.5, 0.6) is 5.75 Å². The first-order valence-electron chi connectivity index (χ1n) is 10.2. The molecule has 0 aliphatic rings. The molecule has 2 aromatic carbocycles. The highest BCUT2D eigenvalue weighted by atomic mass is 19.4. The molecule has 0 bridgehead atoms. The number of ether oxygens (including phenoxy) is 1. The van der Waals surface area contributed by atoms with Crippen molar-refractivity contribution in [3.63, 3.8) is 0 Å². The summed E-state index contributed by atoms with van der Waals surface area (Å²) >= 11 is 0. The number of methoxy groups -OCH3 is 1. The van der Waals surface area contributed by atoms with Gasteiger partial charge in [0.2, 0.25) is 0 Å². The molecule has 4 aromatic rings. The van der Waals surface area contributed by atoms with Crippen molar-refractivity contribution >= 4 is 11.0 Å². The van der Waals surface area contributed by atoms with Crippen LogP contribution in [0.2, 0.25) is 0 Å². The van der Waals surface area contributed by atoms with Crippen molar-refractivity contribution in [2.45, 2.75) is 19.1 Å². The smallest absolute Gasteiger partial charge is 0.416 e. The number of likely N-dealkylation sites (N-methyl/N-ethyl adjacent to an activating group) is 1. The van der Waals surface area contributed by atoms with E-state index in [4.69, 9.17) is 9.15 Å². The second kappa shape index (κ2) is 9.04. The van der Waals surface area contributed by atoms with Crippen LogP contribution in [0.25, 0.3) is 22.3 Å². The molecular weight excluding hydrogens is 417 g/mol. The Morgan fingerprint density at radius 1 is 1.03 bits per heavy atom. The summed E-state index contributed by atoms with van der Waals surface area (Å²) in [6.07, 6.45) is -1.73. The number of halogens is 3. The molecule has 0 N–H and O–H groups in total. The van der Waals surface area contributed by atoms with Gasteiger partial charge in [-0.2, -0.15) is 13.2 Å². The van der Waals surface area contributed by atoms with E-state index in [0.29, 0.717) is 29.2 Å². The van der Waals surface area contributed by atoms with E-state index in [2.05, 4.69) is 9.88 Å². The summed E-state index contributed by atoms with van der Waals surface area (Å²) in [5.74, 6) is 1.08. The molecule has 0 spiro atoms. The summed E-state index contributed by atoms with van der Waals surface area (Å²) < 4.78 is 50.0. The van der Waals surface area contributed by atoms with E-state index in [0.717, 1.165) is 41.7 Å². The van der Waals surface area contributed by atoms with E-state index in [1.807, 2.05) is 43.4 Å². The third-order valence-corrected chi connectivity index (χ3v) is 5.29. The summed E-state index contributed by atoms with van der Waals surface area (Å²) in [5, 5.41) is 0.840. The topological polar surface area (TPSA) is 38.5 Å². The van der Waals surface area contributed by atoms with Crippen LogP contribution in [0.3, 0.4) is 0 Å². The summed E-state index contributed by atoms with van der Waals surface area (Å²) in [6, 6.07) is 16.6. The second-order valence-electron chi connectivity index (χ2n) is 7.71. The van der Waals surface area contributed by atoms with Crippen LogP contribution in [-0.4, -0.2) is 30.6 Å². The van der Waals surface area contributed by atoms with Gasteiger partial charge in [-0.05, 0) is 55.1 Å². The standard InChI is InChI=1S/C25H23F3N2O2/c1-30(12-10-21-5-3-4-11-29-21)16-17-13-19-15-22(32-24(19)23(14-17)31-2)18-6-8-20(9-7-18)25(26,27)28/h3-9,11,13-15H,10,12,16H2,1-2H3. The van der Waals surface area contributed by atoms with Gasteiger partial charge in [0.25, 0.3) is 0 Å². The van der Waals surface area contributed by atoms with Crippen LogP contribution in [-0.2, 0) is 19.1 Å². The number of hydrogen-bond acceptors (Lipinski definition) is 4. The number of fused-ring (bicyclic) bond motifs is 1. The van der Waals surface area contributed by atoms with Crippen molar-refractivity contribution < 1.29 is 22.3 Å². The maximum atomic E-state index is 12.8. The highest BCUT2D eigenvalue weighted by molar-refractivity contribution is 5.88. The lowest BCUT2D eigenvalue weighted by Gasteiger charge is -2.17. The van der Waals surface area contributed by atoms with E-state index in [1.165, 1.54) is 12.1 Å². The molecule has 32 heavy (non-hydrogen) atoms. The van der Waals surface area contributed by atoms with Gasteiger partial charge in [-0.25, -0.2) is 0 Å². The SMILES string of the molecule is COc1cc(CN(C)CCc2ccccn2)cc2cc(-c3ccc(C(F)(F)F)cc3)oc12. The lowest BCUT2D eigenvalue weighted by Crippen LogP contribution is -2.21. The molecule has 0 unspecified atom stereocenters. The lowest BCUT2D eigenvalue weighted by atomic mass is 10.1. The van der Waals surface area contributed by atoms with Crippen LogP contribution in [0.15, 0.2) is 71.3 Å². The fourth-order valence-corrected chi connectivity index (χ4v) is 3.63. The molecular formula is C25H23F3N2O2. The lowest BCUT2D eigenvalue weighted by molar-refractivity contribution is -0.137. The number of rotatable bonds is 7. The summed E-state index contributed by atoms with van der Waals surface area (Å²) in [7, 11) is 3.62. The average molecular weight is 440 g/mol. The third kappa shape index (κ3) is 4.94. The minimum Gasteiger partial charge on any atom is -0.493 e. The molecule has 2 heterocycles. The fraction of sp³-hybridized carbons (Fsp3) is 0.240. The Hall–Kier alpha value is -3.32. The third-order valence-electron chi connectivity index (χ3n) is 5.29. The molecule has 0 saturated carbocycles. The van der Waals surface area contributed by atoms with Crippen molar-refractivity contribution in [3.8, 4) is 17.1 Å². The molecule has 0 atom stereocenters. The highest BCUT2D eigenvalue weighted by Crippen LogP contribution is 2.36. The predicted molar refractivity (Wildman–Crippen MR) is 117 cm³/mol. The first-order chi connectivity index (χ1) is 15.3. The van der Waals surface area contributed by atoms with Crippen molar-refractivity contribution in [2.75, 3.05) is 20.7 Å². The van der Waals surface area contributed by atoms with E-state index in [1.54, 1.807) is 13.3 Å². The Kier molecular flexibility index (Phi) is 6.19. The number of aromatic nitrogens is 1. The Bertz CT molecular complexity index is 1190. The first kappa shape index (κ1) is 21.9. The normalized spacial score (nSPS) is 11.9. The van der Waals surface area contributed by atoms with Gasteiger partial charge in [0.05, 0.1) is 12.7 Å². The van der Waals surface area contributed by atoms with E-state index >= 15 is 0 Å². The molecule has 0 radical (unpaired) electrons. The van der Waals surface area contributed by atoms with Gasteiger partial charge < -0.3 is 14.1 Å². The van der Waals surface area contributed by atoms with Gasteiger partial charge in [-0.1, -0.05) is 18.2 Å². The monoisotopic (exact) mass is 440 g/mol. The molecule has 7 heteroatoms. The molecule has 4 rings (SSSR count). The molecule has 0 amide bonds. The molecule has 2 aromatic heterocycles. The zero-order valence-electron chi connectivity index (χ0n) is 17.8. The number of pyridine rings is 1. The molecule has 0 fully saturated rings. The van der Waals surface area contributed by atoms with Gasteiger partial charge in [-0.3, -0.25) is 4.98 Å². The maximum Gasteiger partial charge on any atom is 0.416 e. The molecule has 0 aliphatic heterocycles. The maximum absolute atomic E-state index is 12.8. The minimum atomic E-state index is -4.37. The number of hydrogen-bond donors (Lipinski definition) is 0. The van der Waals surface area contributed by atoms with Crippen LogP contribution in [0.4, 0.5) is 13.2 Å². The Labute approximate surface area is 184 Å². The van der Waals surface area contributed by atoms with Gasteiger partial charge in [0.15, 0.2) is 11.3 Å². The number of nitrogens with zero attached hydrogens (tertiary/aromatic N) is 2. The van der Waals surface area contributed by atoms with E-state index in [9.17, 15) is 13.2 Å². The second-order valence-corrected chi connectivity index (χ2v) is 7.71. The van der Waals surface area contributed by atoms with Gasteiger partial charge in [-0.15, -0.1) is 0 Å². The first-order valence-corrected chi connectivity index (χ1v) is 10.2. The summed E-state index contributed by atoms with van der Waals surface area (Å²) in [4.78, 5) is 6.56. The zero-order valence-corrected chi connectivity index (χ0v) is 17.8. The molecule has 0 saturated heterocycles. The van der Waals surface area contributed by atoms with Crippen LogP contribution < -0.4 is 4.74 Å². The minimum absolute atomic E-state index is 0.493. The molecule has 0 aliphatic carbocycles. The number of alkyl halides is 3. The predicted octanol–water partition coefficient (Wildman–Crippen LogP) is 6.20. The highest BCUT2D eigenvalue weighted by Gasteiger charge is 2.30. The van der Waals surface area contributed by atoms with Gasteiger partial charge in [0, 0.05) is 42.4 Å². The summed E-state index contributed by atoms with van der Waals surface area (Å²) in [6.45, 7) is 1.56. The van der Waals surface area contributed by atoms with Gasteiger partial charge in [0.1, 0.15) is 5.76 Å². The van der Waals surface area contributed by atoms with Crippen LogP contribution in [0, 0.1) is 0 Å². The van der Waals surface area contributed by atoms with Crippen LogP contribution in [0.1, 0.15) is 16.8 Å².